The Morgan fingerprint density at radius 1 is 1.38 bits per heavy atom. The van der Waals surface area contributed by atoms with E-state index < -0.39 is 11.4 Å². The number of aliphatic imine (C=N–C) groups is 1. The summed E-state index contributed by atoms with van der Waals surface area (Å²) in [6.07, 6.45) is 3.93. The van der Waals surface area contributed by atoms with Crippen molar-refractivity contribution in [2.45, 2.75) is 25.3 Å². The van der Waals surface area contributed by atoms with Crippen molar-refractivity contribution < 1.29 is 9.18 Å². The van der Waals surface area contributed by atoms with Gasteiger partial charge in [0.1, 0.15) is 11.2 Å². The summed E-state index contributed by atoms with van der Waals surface area (Å²) in [5.74, 6) is -0.0986. The van der Waals surface area contributed by atoms with Gasteiger partial charge in [0.2, 0.25) is 0 Å². The summed E-state index contributed by atoms with van der Waals surface area (Å²) in [6.45, 7) is 1.98. The maximum absolute atomic E-state index is 13.7. The molecule has 7 heteroatoms. The van der Waals surface area contributed by atoms with E-state index in [2.05, 4.69) is 15.0 Å². The molecule has 3 rings (SSSR count). The van der Waals surface area contributed by atoms with Gasteiger partial charge in [-0.25, -0.2) is 9.38 Å². The third-order valence-electron chi connectivity index (χ3n) is 3.96. The third kappa shape index (κ3) is 3.46. The van der Waals surface area contributed by atoms with Crippen molar-refractivity contribution in [3.05, 3.63) is 59.4 Å². The van der Waals surface area contributed by atoms with Crippen LogP contribution in [0.4, 0.5) is 4.39 Å². The molecular weight excluding hydrogens is 327 g/mol. The fourth-order valence-corrected chi connectivity index (χ4v) is 3.58. The molecule has 0 aromatic carbocycles. The maximum atomic E-state index is 13.7. The summed E-state index contributed by atoms with van der Waals surface area (Å²) in [7, 11) is 0. The first-order valence-corrected chi connectivity index (χ1v) is 8.54. The number of carbonyl (C=O) groups is 1. The number of thioether (sulfide) groups is 1. The zero-order valence-corrected chi connectivity index (χ0v) is 14.0. The molecule has 2 aromatic heterocycles. The number of ketones is 1. The smallest absolute Gasteiger partial charge is 0.188 e. The van der Waals surface area contributed by atoms with Crippen molar-refractivity contribution >= 4 is 22.7 Å². The molecule has 0 unspecified atom stereocenters. The van der Waals surface area contributed by atoms with Gasteiger partial charge in [-0.15, -0.1) is 0 Å². The molecule has 0 bridgehead atoms. The average Bonchev–Trinajstić information content (AvgIpc) is 2.55. The van der Waals surface area contributed by atoms with Crippen molar-refractivity contribution in [2.24, 2.45) is 10.7 Å². The summed E-state index contributed by atoms with van der Waals surface area (Å²) in [4.78, 5) is 25.0. The predicted octanol–water partition coefficient (Wildman–Crippen LogP) is 2.71. The number of rotatable bonds is 4. The van der Waals surface area contributed by atoms with Crippen LogP contribution in [-0.4, -0.2) is 26.7 Å². The zero-order chi connectivity index (χ0) is 17.2. The van der Waals surface area contributed by atoms with E-state index in [0.717, 1.165) is 23.4 Å². The molecule has 0 fully saturated rings. The molecule has 5 nitrogen and oxygen atoms in total. The Labute approximate surface area is 143 Å². The van der Waals surface area contributed by atoms with Crippen LogP contribution in [0.5, 0.6) is 0 Å². The van der Waals surface area contributed by atoms with Crippen molar-refractivity contribution in [3.8, 4) is 0 Å². The average molecular weight is 344 g/mol. The van der Waals surface area contributed by atoms with Gasteiger partial charge in [-0.05, 0) is 43.2 Å². The number of hydrogen-bond donors (Lipinski definition) is 1. The summed E-state index contributed by atoms with van der Waals surface area (Å²) in [6, 6.07) is 6.28. The highest BCUT2D eigenvalue weighted by molar-refractivity contribution is 8.13. The molecule has 2 aromatic rings. The Morgan fingerprint density at radius 3 is 2.96 bits per heavy atom. The van der Waals surface area contributed by atoms with Gasteiger partial charge in [0.25, 0.3) is 0 Å². The lowest BCUT2D eigenvalue weighted by molar-refractivity contribution is 0.0984. The van der Waals surface area contributed by atoms with Gasteiger partial charge >= 0.3 is 0 Å². The molecule has 0 saturated carbocycles. The zero-order valence-electron chi connectivity index (χ0n) is 13.2. The van der Waals surface area contributed by atoms with E-state index in [1.54, 1.807) is 12.3 Å². The van der Waals surface area contributed by atoms with E-state index in [-0.39, 0.29) is 17.9 Å². The number of nitrogens with zero attached hydrogens (tertiary/aromatic N) is 3. The fourth-order valence-electron chi connectivity index (χ4n) is 2.61. The van der Waals surface area contributed by atoms with Gasteiger partial charge in [-0.3, -0.25) is 14.8 Å². The lowest BCUT2D eigenvalue weighted by atomic mass is 9.92. The Bertz CT molecular complexity index is 811. The van der Waals surface area contributed by atoms with Crippen LogP contribution in [0.1, 0.15) is 35.1 Å². The highest BCUT2D eigenvalue weighted by atomic mass is 32.2. The molecule has 1 aliphatic rings. The third-order valence-corrected chi connectivity index (χ3v) is 4.75. The maximum Gasteiger partial charge on any atom is 0.188 e. The molecule has 3 heterocycles. The summed E-state index contributed by atoms with van der Waals surface area (Å²) >= 11 is 1.52. The summed E-state index contributed by atoms with van der Waals surface area (Å²) < 4.78 is 13.7. The predicted molar refractivity (Wildman–Crippen MR) is 92.5 cm³/mol. The number of pyridine rings is 2. The highest BCUT2D eigenvalue weighted by Crippen LogP contribution is 2.34. The summed E-state index contributed by atoms with van der Waals surface area (Å²) in [5, 5.41) is 0.544. The van der Waals surface area contributed by atoms with Crippen molar-refractivity contribution in [1.82, 2.24) is 9.97 Å². The van der Waals surface area contributed by atoms with E-state index >= 15 is 0 Å². The first-order chi connectivity index (χ1) is 11.5. The molecule has 124 valence electrons. The summed E-state index contributed by atoms with van der Waals surface area (Å²) in [5.41, 5.74) is 6.72. The van der Waals surface area contributed by atoms with Gasteiger partial charge in [-0.2, -0.15) is 0 Å². The van der Waals surface area contributed by atoms with Crippen LogP contribution in [0.25, 0.3) is 0 Å². The number of amidine groups is 1. The molecular formula is C17H17FN4OS. The molecule has 0 saturated heterocycles. The Morgan fingerprint density at radius 2 is 2.21 bits per heavy atom. The van der Waals surface area contributed by atoms with E-state index in [1.807, 2.05) is 13.0 Å². The van der Waals surface area contributed by atoms with Crippen LogP contribution in [0, 0.1) is 5.82 Å². The number of hydrogen-bond acceptors (Lipinski definition) is 6. The molecule has 24 heavy (non-hydrogen) atoms. The lowest BCUT2D eigenvalue weighted by Crippen LogP contribution is -2.29. The SMILES string of the molecule is C[C@@]1(c2cc(CC(=O)c3ncccc3F)ccn2)CCSC(N)=N1. The Hall–Kier alpha value is -2.28. The van der Waals surface area contributed by atoms with Crippen LogP contribution >= 0.6 is 11.8 Å². The fraction of sp³-hybridized carbons (Fsp3) is 0.294. The Balaban J connectivity index is 1.85. The van der Waals surface area contributed by atoms with Gasteiger partial charge in [0.05, 0.1) is 5.69 Å². The molecule has 1 atom stereocenters. The Kier molecular flexibility index (Phi) is 4.62. The van der Waals surface area contributed by atoms with Crippen LogP contribution in [0.3, 0.4) is 0 Å². The molecule has 0 amide bonds. The second-order valence-electron chi connectivity index (χ2n) is 5.81. The van der Waals surface area contributed by atoms with E-state index in [1.165, 1.54) is 30.1 Å². The van der Waals surface area contributed by atoms with E-state index in [0.29, 0.717) is 5.17 Å². The van der Waals surface area contributed by atoms with Gasteiger partial charge in [0.15, 0.2) is 16.8 Å². The standard InChI is InChI=1S/C17H17FN4OS/c1-17(5-8-24-16(19)22-17)14-10-11(4-7-20-14)9-13(23)15-12(18)3-2-6-21-15/h2-4,6-7,10H,5,8-9H2,1H3,(H2,19,22)/t17-/m0/s1. The van der Waals surface area contributed by atoms with Crippen molar-refractivity contribution in [2.75, 3.05) is 5.75 Å². The van der Waals surface area contributed by atoms with Crippen molar-refractivity contribution in [3.63, 3.8) is 0 Å². The first-order valence-electron chi connectivity index (χ1n) is 7.55. The lowest BCUT2D eigenvalue weighted by Gasteiger charge is -2.28. The minimum absolute atomic E-state index is 0.0630. The van der Waals surface area contributed by atoms with Crippen LogP contribution in [0.2, 0.25) is 0 Å². The minimum Gasteiger partial charge on any atom is -0.379 e. The van der Waals surface area contributed by atoms with Gasteiger partial charge < -0.3 is 5.73 Å². The second kappa shape index (κ2) is 6.68. The second-order valence-corrected chi connectivity index (χ2v) is 6.92. The molecule has 2 N–H and O–H groups in total. The largest absolute Gasteiger partial charge is 0.379 e. The number of Topliss-reactive ketones (excluding diaryl/α,β-unsaturated/α-hetero) is 1. The van der Waals surface area contributed by atoms with Crippen molar-refractivity contribution in [1.29, 1.82) is 0 Å². The van der Waals surface area contributed by atoms with Crippen LogP contribution in [-0.2, 0) is 12.0 Å². The number of halogens is 1. The molecule has 0 radical (unpaired) electrons. The number of nitrogens with two attached hydrogens (primary N) is 1. The minimum atomic E-state index is -0.606. The normalized spacial score (nSPS) is 20.5. The molecule has 0 spiro atoms. The topological polar surface area (TPSA) is 81.2 Å². The van der Waals surface area contributed by atoms with Crippen LogP contribution in [0.15, 0.2) is 41.7 Å². The van der Waals surface area contributed by atoms with E-state index in [9.17, 15) is 9.18 Å². The number of aromatic nitrogens is 2. The molecule has 0 aliphatic carbocycles. The molecule has 1 aliphatic heterocycles. The van der Waals surface area contributed by atoms with Gasteiger partial charge in [0, 0.05) is 24.6 Å². The van der Waals surface area contributed by atoms with E-state index in [4.69, 9.17) is 5.73 Å². The van der Waals surface area contributed by atoms with Crippen LogP contribution < -0.4 is 5.73 Å². The highest BCUT2D eigenvalue weighted by Gasteiger charge is 2.31. The number of carbonyl (C=O) groups excluding carboxylic acids is 1. The van der Waals surface area contributed by atoms with Gasteiger partial charge in [-0.1, -0.05) is 11.8 Å². The quantitative estimate of drug-likeness (QED) is 0.863. The monoisotopic (exact) mass is 344 g/mol. The first kappa shape index (κ1) is 16.6.